The quantitative estimate of drug-likeness (QED) is 0.688. The molecule has 0 saturated carbocycles. The lowest BCUT2D eigenvalue weighted by Gasteiger charge is -2.18. The van der Waals surface area contributed by atoms with Gasteiger partial charge in [-0.3, -0.25) is 4.79 Å². The van der Waals surface area contributed by atoms with Gasteiger partial charge in [0.05, 0.1) is 6.10 Å². The Bertz CT molecular complexity index is 433. The minimum Gasteiger partial charge on any atom is -0.390 e. The van der Waals surface area contributed by atoms with Gasteiger partial charge in [0.15, 0.2) is 5.12 Å². The van der Waals surface area contributed by atoms with Crippen molar-refractivity contribution in [3.05, 3.63) is 17.0 Å². The zero-order valence-corrected chi connectivity index (χ0v) is 11.3. The highest BCUT2D eigenvalue weighted by molar-refractivity contribution is 8.13. The molecule has 0 aliphatic carbocycles. The number of thioether (sulfide) groups is 1. The zero-order valence-electron chi connectivity index (χ0n) is 9.71. The third-order valence-electron chi connectivity index (χ3n) is 2.22. The molecule has 0 aromatic carbocycles. The van der Waals surface area contributed by atoms with Crippen LogP contribution in [0.3, 0.4) is 0 Å². The summed E-state index contributed by atoms with van der Waals surface area (Å²) in [4.78, 5) is 18.1. The molecular weight excluding hydrogens is 278 g/mol. The Morgan fingerprint density at radius 1 is 1.61 bits per heavy atom. The van der Waals surface area contributed by atoms with Crippen molar-refractivity contribution in [2.75, 3.05) is 11.5 Å². The van der Waals surface area contributed by atoms with Crippen LogP contribution in [0.25, 0.3) is 0 Å². The second-order valence-corrected chi connectivity index (χ2v) is 5.23. The molecule has 0 amide bonds. The number of nitrogens with two attached hydrogens (primary N) is 1. The molecule has 0 aliphatic rings. The number of hydrogen-bond acceptors (Lipinski definition) is 7. The Kier molecular flexibility index (Phi) is 5.80. The largest absolute Gasteiger partial charge is 0.390 e. The third kappa shape index (κ3) is 4.41. The molecule has 100 valence electrons. The number of halogens is 1. The highest BCUT2D eigenvalue weighted by atomic mass is 35.5. The average Bonchev–Trinajstić information content (AvgIpc) is 2.27. The predicted octanol–water partition coefficient (Wildman–Crippen LogP) is 0.776. The van der Waals surface area contributed by atoms with E-state index in [1.54, 1.807) is 0 Å². The van der Waals surface area contributed by atoms with Crippen LogP contribution in [0.15, 0.2) is 6.20 Å². The summed E-state index contributed by atoms with van der Waals surface area (Å²) >= 11 is 6.62. The van der Waals surface area contributed by atoms with Crippen LogP contribution in [-0.2, 0) is 4.79 Å². The van der Waals surface area contributed by atoms with Gasteiger partial charge in [0.1, 0.15) is 11.9 Å². The molecule has 0 aliphatic heterocycles. The van der Waals surface area contributed by atoms with E-state index in [4.69, 9.17) is 17.3 Å². The van der Waals surface area contributed by atoms with Gasteiger partial charge in [-0.1, -0.05) is 11.8 Å². The molecule has 1 heterocycles. The van der Waals surface area contributed by atoms with Crippen molar-refractivity contribution in [1.29, 1.82) is 0 Å². The molecule has 1 aromatic rings. The van der Waals surface area contributed by atoms with Crippen LogP contribution in [0, 0.1) is 0 Å². The van der Waals surface area contributed by atoms with Gasteiger partial charge in [0, 0.05) is 24.4 Å². The fourth-order valence-electron chi connectivity index (χ4n) is 1.30. The second-order valence-electron chi connectivity index (χ2n) is 3.62. The Labute approximate surface area is 114 Å². The first kappa shape index (κ1) is 15.2. The van der Waals surface area contributed by atoms with Gasteiger partial charge < -0.3 is 15.9 Å². The molecule has 0 saturated heterocycles. The Morgan fingerprint density at radius 3 is 2.83 bits per heavy atom. The highest BCUT2D eigenvalue weighted by Gasteiger charge is 2.21. The Balaban J connectivity index is 2.62. The van der Waals surface area contributed by atoms with Crippen LogP contribution < -0.4 is 5.73 Å². The first-order chi connectivity index (χ1) is 8.41. The van der Waals surface area contributed by atoms with E-state index in [-0.39, 0.29) is 28.2 Å². The molecule has 0 fully saturated rings. The highest BCUT2D eigenvalue weighted by Crippen LogP contribution is 2.24. The van der Waals surface area contributed by atoms with Crippen molar-refractivity contribution in [3.8, 4) is 0 Å². The van der Waals surface area contributed by atoms with E-state index < -0.39 is 12.2 Å². The molecule has 2 atom stereocenters. The summed E-state index contributed by atoms with van der Waals surface area (Å²) < 4.78 is 0. The molecule has 8 heteroatoms. The molecule has 4 N–H and O–H groups in total. The van der Waals surface area contributed by atoms with E-state index in [1.807, 2.05) is 0 Å². The summed E-state index contributed by atoms with van der Waals surface area (Å²) in [5.74, 6) is 0.447. The third-order valence-corrected chi connectivity index (χ3v) is 3.25. The first-order valence-electron chi connectivity index (χ1n) is 5.19. The van der Waals surface area contributed by atoms with Crippen molar-refractivity contribution >= 4 is 34.3 Å². The standard InChI is InChI=1S/C10H14ClN3O3S/c1-5(15)18-3-2-7(16)8(17)6-4-13-10(11)14-9(6)12/h4,7-8,16-17H,2-3H2,1H3,(H2,12,13,14). The normalized spacial score (nSPS) is 14.2. The second kappa shape index (κ2) is 6.89. The number of aliphatic hydroxyl groups excluding tert-OH is 2. The van der Waals surface area contributed by atoms with E-state index in [0.29, 0.717) is 5.75 Å². The molecule has 0 spiro atoms. The van der Waals surface area contributed by atoms with Crippen LogP contribution in [0.1, 0.15) is 25.0 Å². The molecule has 1 rings (SSSR count). The minimum atomic E-state index is -1.20. The van der Waals surface area contributed by atoms with Crippen molar-refractivity contribution < 1.29 is 15.0 Å². The topological polar surface area (TPSA) is 109 Å². The van der Waals surface area contributed by atoms with Crippen molar-refractivity contribution in [1.82, 2.24) is 9.97 Å². The number of aromatic nitrogens is 2. The number of rotatable bonds is 5. The molecule has 18 heavy (non-hydrogen) atoms. The summed E-state index contributed by atoms with van der Waals surface area (Å²) in [7, 11) is 0. The van der Waals surface area contributed by atoms with E-state index in [0.717, 1.165) is 11.8 Å². The predicted molar refractivity (Wildman–Crippen MR) is 70.2 cm³/mol. The van der Waals surface area contributed by atoms with E-state index in [1.165, 1.54) is 13.1 Å². The Morgan fingerprint density at radius 2 is 2.28 bits per heavy atom. The number of carbonyl (C=O) groups excluding carboxylic acids is 1. The van der Waals surface area contributed by atoms with E-state index in [9.17, 15) is 15.0 Å². The van der Waals surface area contributed by atoms with Gasteiger partial charge in [-0.2, -0.15) is 0 Å². The van der Waals surface area contributed by atoms with Crippen LogP contribution in [0.4, 0.5) is 5.82 Å². The number of hydrogen-bond donors (Lipinski definition) is 3. The number of aliphatic hydroxyl groups is 2. The maximum absolute atomic E-state index is 10.7. The van der Waals surface area contributed by atoms with Crippen molar-refractivity contribution in [3.63, 3.8) is 0 Å². The lowest BCUT2D eigenvalue weighted by atomic mass is 10.1. The van der Waals surface area contributed by atoms with Crippen LogP contribution in [0.5, 0.6) is 0 Å². The van der Waals surface area contributed by atoms with Crippen molar-refractivity contribution in [2.45, 2.75) is 25.6 Å². The lowest BCUT2D eigenvalue weighted by Crippen LogP contribution is -2.21. The fraction of sp³-hybridized carbons (Fsp3) is 0.500. The molecule has 0 bridgehead atoms. The van der Waals surface area contributed by atoms with Gasteiger partial charge in [0.25, 0.3) is 0 Å². The summed E-state index contributed by atoms with van der Waals surface area (Å²) in [6, 6.07) is 0. The molecule has 6 nitrogen and oxygen atoms in total. The van der Waals surface area contributed by atoms with Gasteiger partial charge in [-0.15, -0.1) is 0 Å². The maximum atomic E-state index is 10.7. The molecule has 2 unspecified atom stereocenters. The zero-order chi connectivity index (χ0) is 13.7. The van der Waals surface area contributed by atoms with Gasteiger partial charge in [0.2, 0.25) is 5.28 Å². The van der Waals surface area contributed by atoms with E-state index in [2.05, 4.69) is 9.97 Å². The number of carbonyl (C=O) groups is 1. The summed E-state index contributed by atoms with van der Waals surface area (Å²) in [6.07, 6.45) is -0.705. The van der Waals surface area contributed by atoms with Crippen LogP contribution in [0.2, 0.25) is 5.28 Å². The van der Waals surface area contributed by atoms with Gasteiger partial charge in [-0.25, -0.2) is 9.97 Å². The fourth-order valence-corrected chi connectivity index (χ4v) is 2.08. The number of nitrogen functional groups attached to an aromatic ring is 1. The maximum Gasteiger partial charge on any atom is 0.224 e. The number of nitrogens with zero attached hydrogens (tertiary/aromatic N) is 2. The molecule has 1 aromatic heterocycles. The van der Waals surface area contributed by atoms with Gasteiger partial charge >= 0.3 is 0 Å². The average molecular weight is 292 g/mol. The SMILES string of the molecule is CC(=O)SCCC(O)C(O)c1cnc(Cl)nc1N. The lowest BCUT2D eigenvalue weighted by molar-refractivity contribution is -0.109. The summed E-state index contributed by atoms with van der Waals surface area (Å²) in [5, 5.41) is 19.6. The molecular formula is C10H14ClN3O3S. The minimum absolute atomic E-state index is 0.0231. The van der Waals surface area contributed by atoms with Crippen molar-refractivity contribution in [2.24, 2.45) is 0 Å². The Hall–Kier alpha value is -0.890. The monoisotopic (exact) mass is 291 g/mol. The van der Waals surface area contributed by atoms with E-state index >= 15 is 0 Å². The molecule has 0 radical (unpaired) electrons. The van der Waals surface area contributed by atoms with Crippen LogP contribution in [-0.4, -0.2) is 37.2 Å². The smallest absolute Gasteiger partial charge is 0.224 e. The summed E-state index contributed by atoms with van der Waals surface area (Å²) in [5.41, 5.74) is 5.79. The summed E-state index contributed by atoms with van der Waals surface area (Å²) in [6.45, 7) is 1.44. The van der Waals surface area contributed by atoms with Crippen LogP contribution >= 0.6 is 23.4 Å². The number of anilines is 1. The van der Waals surface area contributed by atoms with Gasteiger partial charge in [-0.05, 0) is 18.0 Å². The first-order valence-corrected chi connectivity index (χ1v) is 6.55.